The number of aryl methyl sites for hydroxylation is 1. The molecular formula is C21H16N4O6S. The Labute approximate surface area is 185 Å². The van der Waals surface area contributed by atoms with Gasteiger partial charge in [-0.3, -0.25) is 10.1 Å². The van der Waals surface area contributed by atoms with Gasteiger partial charge in [0.15, 0.2) is 22.3 Å². The molecule has 0 saturated heterocycles. The number of anilines is 2. The number of nitrogens with zero attached hydrogens (tertiary/aromatic N) is 3. The van der Waals surface area contributed by atoms with Crippen LogP contribution < -0.4 is 10.1 Å². The van der Waals surface area contributed by atoms with Crippen LogP contribution in [0.2, 0.25) is 0 Å². The van der Waals surface area contributed by atoms with Crippen molar-refractivity contribution in [2.45, 2.75) is 6.92 Å². The number of cyclic esters (lactones) is 1. The lowest BCUT2D eigenvalue weighted by Gasteiger charge is -2.06. The zero-order valence-electron chi connectivity index (χ0n) is 16.9. The van der Waals surface area contributed by atoms with Crippen molar-refractivity contribution in [1.82, 2.24) is 4.98 Å². The number of phenolic OH excluding ortho intramolecular Hbond substituents is 1. The van der Waals surface area contributed by atoms with Crippen LogP contribution in [0.15, 0.2) is 52.5 Å². The van der Waals surface area contributed by atoms with Gasteiger partial charge in [-0.1, -0.05) is 6.07 Å². The fourth-order valence-electron chi connectivity index (χ4n) is 2.94. The molecule has 2 N–H and O–H groups in total. The monoisotopic (exact) mass is 452 g/mol. The van der Waals surface area contributed by atoms with E-state index in [0.717, 1.165) is 5.69 Å². The van der Waals surface area contributed by atoms with E-state index in [1.54, 1.807) is 18.2 Å². The normalized spacial score (nSPS) is 14.2. The van der Waals surface area contributed by atoms with Gasteiger partial charge in [-0.25, -0.2) is 14.8 Å². The van der Waals surface area contributed by atoms with Crippen molar-refractivity contribution < 1.29 is 24.3 Å². The van der Waals surface area contributed by atoms with E-state index in [0.29, 0.717) is 16.4 Å². The summed E-state index contributed by atoms with van der Waals surface area (Å²) in [5.41, 5.74) is 1.60. The highest BCUT2D eigenvalue weighted by molar-refractivity contribution is 7.13. The number of carbonyl (C=O) groups excluding carboxylic acids is 1. The SMILES string of the molecule is COc1ccc(/C=C2/N=C(c3ccc(Nc4nc(C)cs4)c([N+](=O)[O-])c3)OC2=O)cc1O. The Morgan fingerprint density at radius 2 is 2.09 bits per heavy atom. The van der Waals surface area contributed by atoms with Crippen LogP contribution in [-0.4, -0.2) is 34.0 Å². The molecule has 10 nitrogen and oxygen atoms in total. The summed E-state index contributed by atoms with van der Waals surface area (Å²) in [5.74, 6) is -0.567. The number of ether oxygens (including phenoxy) is 2. The topological polar surface area (TPSA) is 136 Å². The minimum absolute atomic E-state index is 0.00678. The predicted octanol–water partition coefficient (Wildman–Crippen LogP) is 4.16. The average Bonchev–Trinajstić information content (AvgIpc) is 3.33. The van der Waals surface area contributed by atoms with Gasteiger partial charge in [-0.2, -0.15) is 0 Å². The van der Waals surface area contributed by atoms with E-state index >= 15 is 0 Å². The zero-order chi connectivity index (χ0) is 22.8. The number of hydrogen-bond donors (Lipinski definition) is 2. The first-order chi connectivity index (χ1) is 15.3. The summed E-state index contributed by atoms with van der Waals surface area (Å²) >= 11 is 1.33. The maximum Gasteiger partial charge on any atom is 0.363 e. The fraction of sp³-hybridized carbons (Fsp3) is 0.0952. The largest absolute Gasteiger partial charge is 0.504 e. The number of nitro groups is 1. The lowest BCUT2D eigenvalue weighted by molar-refractivity contribution is -0.383. The number of nitrogens with one attached hydrogen (secondary N) is 1. The lowest BCUT2D eigenvalue weighted by Crippen LogP contribution is -2.06. The van der Waals surface area contributed by atoms with Gasteiger partial charge in [0.05, 0.1) is 17.7 Å². The smallest absolute Gasteiger partial charge is 0.363 e. The van der Waals surface area contributed by atoms with Gasteiger partial charge in [0, 0.05) is 17.0 Å². The minimum Gasteiger partial charge on any atom is -0.504 e. The van der Waals surface area contributed by atoms with Crippen LogP contribution in [0.3, 0.4) is 0 Å². The molecule has 2 heterocycles. The highest BCUT2D eigenvalue weighted by Crippen LogP contribution is 2.32. The third kappa shape index (κ3) is 4.27. The molecule has 32 heavy (non-hydrogen) atoms. The number of esters is 1. The summed E-state index contributed by atoms with van der Waals surface area (Å²) in [6, 6.07) is 8.94. The zero-order valence-corrected chi connectivity index (χ0v) is 17.7. The molecule has 0 spiro atoms. The van der Waals surface area contributed by atoms with E-state index in [1.165, 1.54) is 42.7 Å². The molecule has 162 valence electrons. The van der Waals surface area contributed by atoms with E-state index < -0.39 is 10.9 Å². The molecule has 0 aliphatic carbocycles. The van der Waals surface area contributed by atoms with Gasteiger partial charge in [-0.05, 0) is 42.8 Å². The van der Waals surface area contributed by atoms with Crippen molar-refractivity contribution in [1.29, 1.82) is 0 Å². The van der Waals surface area contributed by atoms with Gasteiger partial charge in [0.1, 0.15) is 5.69 Å². The number of hydrogen-bond acceptors (Lipinski definition) is 10. The van der Waals surface area contributed by atoms with Crippen LogP contribution in [0.1, 0.15) is 16.8 Å². The van der Waals surface area contributed by atoms with Crippen molar-refractivity contribution in [3.63, 3.8) is 0 Å². The fourth-order valence-corrected chi connectivity index (χ4v) is 3.64. The number of thiazole rings is 1. The number of nitro benzene ring substituents is 1. The first-order valence-corrected chi connectivity index (χ1v) is 10.1. The maximum absolute atomic E-state index is 12.3. The number of methoxy groups -OCH3 is 1. The number of aromatic hydroxyl groups is 1. The van der Waals surface area contributed by atoms with Crippen LogP contribution in [0.4, 0.5) is 16.5 Å². The molecule has 2 aromatic carbocycles. The second kappa shape index (κ2) is 8.47. The van der Waals surface area contributed by atoms with E-state index in [4.69, 9.17) is 9.47 Å². The molecule has 0 saturated carbocycles. The maximum atomic E-state index is 12.3. The van der Waals surface area contributed by atoms with Crippen LogP contribution in [0.5, 0.6) is 11.5 Å². The number of benzene rings is 2. The number of aromatic nitrogens is 1. The van der Waals surface area contributed by atoms with E-state index in [-0.39, 0.29) is 34.3 Å². The molecule has 0 radical (unpaired) electrons. The first kappa shape index (κ1) is 21.0. The van der Waals surface area contributed by atoms with Gasteiger partial charge >= 0.3 is 5.97 Å². The standard InChI is InChI=1S/C21H16N4O6S/c1-11-10-32-21(22-11)24-14-5-4-13(9-16(14)25(28)29)19-23-15(20(27)31-19)7-12-3-6-18(30-2)17(26)8-12/h3-10,26H,1-2H3,(H,22,24)/b15-7+. The molecule has 1 aromatic heterocycles. The molecule has 11 heteroatoms. The summed E-state index contributed by atoms with van der Waals surface area (Å²) in [6.45, 7) is 1.82. The molecular weight excluding hydrogens is 436 g/mol. The summed E-state index contributed by atoms with van der Waals surface area (Å²) in [4.78, 5) is 31.7. The van der Waals surface area contributed by atoms with Crippen LogP contribution in [0, 0.1) is 17.0 Å². The lowest BCUT2D eigenvalue weighted by atomic mass is 10.1. The van der Waals surface area contributed by atoms with E-state index in [9.17, 15) is 20.0 Å². The number of carbonyl (C=O) groups is 1. The minimum atomic E-state index is -0.710. The molecule has 0 bridgehead atoms. The summed E-state index contributed by atoms with van der Waals surface area (Å²) in [7, 11) is 1.43. The molecule has 0 amide bonds. The number of phenols is 1. The Balaban J connectivity index is 1.64. The first-order valence-electron chi connectivity index (χ1n) is 9.21. The quantitative estimate of drug-likeness (QED) is 0.246. The Morgan fingerprint density at radius 1 is 1.28 bits per heavy atom. The van der Waals surface area contributed by atoms with Crippen LogP contribution >= 0.6 is 11.3 Å². The number of aliphatic imine (C=N–C) groups is 1. The van der Waals surface area contributed by atoms with E-state index in [1.807, 2.05) is 12.3 Å². The Kier molecular flexibility index (Phi) is 5.56. The third-order valence-electron chi connectivity index (χ3n) is 4.43. The van der Waals surface area contributed by atoms with Crippen molar-refractivity contribution in [2.24, 2.45) is 4.99 Å². The summed E-state index contributed by atoms with van der Waals surface area (Å²) < 4.78 is 10.2. The predicted molar refractivity (Wildman–Crippen MR) is 118 cm³/mol. The van der Waals surface area contributed by atoms with Crippen molar-refractivity contribution >= 4 is 45.8 Å². The Bertz CT molecular complexity index is 1300. The highest BCUT2D eigenvalue weighted by atomic mass is 32.1. The van der Waals surface area contributed by atoms with Crippen molar-refractivity contribution in [2.75, 3.05) is 12.4 Å². The van der Waals surface area contributed by atoms with E-state index in [2.05, 4.69) is 15.3 Å². The average molecular weight is 452 g/mol. The molecule has 0 unspecified atom stereocenters. The Hall–Kier alpha value is -4.25. The van der Waals surface area contributed by atoms with Gasteiger partial charge < -0.3 is 19.9 Å². The molecule has 1 aliphatic heterocycles. The van der Waals surface area contributed by atoms with Gasteiger partial charge in [-0.15, -0.1) is 11.3 Å². The summed E-state index contributed by atoms with van der Waals surface area (Å²) in [5, 5.41) is 26.8. The highest BCUT2D eigenvalue weighted by Gasteiger charge is 2.26. The molecule has 4 rings (SSSR count). The number of rotatable bonds is 6. The molecule has 0 atom stereocenters. The third-order valence-corrected chi connectivity index (χ3v) is 5.30. The molecule has 3 aromatic rings. The van der Waals surface area contributed by atoms with Gasteiger partial charge in [0.2, 0.25) is 5.90 Å². The molecule has 1 aliphatic rings. The van der Waals surface area contributed by atoms with Crippen molar-refractivity contribution in [3.8, 4) is 11.5 Å². The second-order valence-corrected chi connectivity index (χ2v) is 7.53. The van der Waals surface area contributed by atoms with Crippen LogP contribution in [0.25, 0.3) is 6.08 Å². The second-order valence-electron chi connectivity index (χ2n) is 6.68. The molecule has 0 fully saturated rings. The summed E-state index contributed by atoms with van der Waals surface area (Å²) in [6.07, 6.45) is 1.43. The van der Waals surface area contributed by atoms with Gasteiger partial charge in [0.25, 0.3) is 5.69 Å². The Morgan fingerprint density at radius 3 is 2.75 bits per heavy atom. The van der Waals surface area contributed by atoms with Crippen LogP contribution in [-0.2, 0) is 9.53 Å². The van der Waals surface area contributed by atoms with Crippen molar-refractivity contribution in [3.05, 3.63) is 74.4 Å².